The minimum absolute atomic E-state index is 0.0393. The highest BCUT2D eigenvalue weighted by molar-refractivity contribution is 6.04. The molecule has 10 nitrogen and oxygen atoms in total. The van der Waals surface area contributed by atoms with Gasteiger partial charge in [0.25, 0.3) is 11.8 Å². The highest BCUT2D eigenvalue weighted by atomic mass is 16.3. The number of primary amides is 1. The van der Waals surface area contributed by atoms with E-state index in [1.54, 1.807) is 9.91 Å². The molecular formula is C35H45N5O5. The van der Waals surface area contributed by atoms with Crippen LogP contribution in [0.15, 0.2) is 78.9 Å². The summed E-state index contributed by atoms with van der Waals surface area (Å²) in [5.74, 6) is -1.84. The third-order valence-corrected chi connectivity index (χ3v) is 7.36. The van der Waals surface area contributed by atoms with Gasteiger partial charge in [0, 0.05) is 42.9 Å². The third kappa shape index (κ3) is 10.8. The lowest BCUT2D eigenvalue weighted by molar-refractivity contribution is -0.125. The fourth-order valence-corrected chi connectivity index (χ4v) is 5.07. The summed E-state index contributed by atoms with van der Waals surface area (Å²) in [5.41, 5.74) is 10.5. The number of nitrogens with zero attached hydrogens (tertiary/aromatic N) is 2. The van der Waals surface area contributed by atoms with Crippen LogP contribution >= 0.6 is 0 Å². The van der Waals surface area contributed by atoms with Crippen molar-refractivity contribution in [2.24, 2.45) is 5.73 Å². The molecule has 0 heterocycles. The molecule has 2 atom stereocenters. The molecule has 3 aromatic carbocycles. The highest BCUT2D eigenvalue weighted by Gasteiger charge is 2.26. The smallest absolute Gasteiger partial charge is 0.253 e. The van der Waals surface area contributed by atoms with E-state index < -0.39 is 24.0 Å². The summed E-state index contributed by atoms with van der Waals surface area (Å²) < 4.78 is 0. The van der Waals surface area contributed by atoms with Crippen molar-refractivity contribution in [3.63, 3.8) is 0 Å². The minimum atomic E-state index is -1.09. The van der Waals surface area contributed by atoms with E-state index >= 15 is 0 Å². The summed E-state index contributed by atoms with van der Waals surface area (Å²) in [6.45, 7) is 7.34. The molecule has 10 heteroatoms. The largest absolute Gasteiger partial charge is 0.390 e. The van der Waals surface area contributed by atoms with Gasteiger partial charge in [0.1, 0.15) is 0 Å². The number of aliphatic hydroxyl groups excluding tert-OH is 1. The van der Waals surface area contributed by atoms with Gasteiger partial charge < -0.3 is 21.1 Å². The number of hydrazine groups is 1. The van der Waals surface area contributed by atoms with Crippen LogP contribution in [-0.2, 0) is 17.6 Å². The first-order chi connectivity index (χ1) is 21.6. The van der Waals surface area contributed by atoms with Gasteiger partial charge >= 0.3 is 0 Å². The van der Waals surface area contributed by atoms with E-state index in [9.17, 15) is 24.3 Å². The molecule has 0 aromatic heterocycles. The first-order valence-electron chi connectivity index (χ1n) is 15.5. The summed E-state index contributed by atoms with van der Waals surface area (Å²) in [5, 5.41) is 15.9. The number of hydrogen-bond donors (Lipinski definition) is 4. The second kappa shape index (κ2) is 17.7. The molecule has 45 heavy (non-hydrogen) atoms. The first kappa shape index (κ1) is 34.9. The van der Waals surface area contributed by atoms with Gasteiger partial charge in [-0.15, -0.1) is 0 Å². The predicted molar refractivity (Wildman–Crippen MR) is 174 cm³/mol. The average Bonchev–Trinajstić information content (AvgIpc) is 3.04. The van der Waals surface area contributed by atoms with Gasteiger partial charge in [0.2, 0.25) is 11.8 Å². The Morgan fingerprint density at radius 1 is 0.800 bits per heavy atom. The SMILES string of the molecule is CCCN(CCC)C(=O)c1cc(C(N)=O)cc(C(=O)NC(Cc2ccccc2)C(O)CN(CC)NC(=O)Cc2ccccc2)c1. The summed E-state index contributed by atoms with van der Waals surface area (Å²) >= 11 is 0. The fraction of sp³-hybridized carbons (Fsp3) is 0.371. The molecule has 0 aliphatic carbocycles. The van der Waals surface area contributed by atoms with Crippen molar-refractivity contribution in [1.29, 1.82) is 0 Å². The van der Waals surface area contributed by atoms with Crippen LogP contribution in [0.5, 0.6) is 0 Å². The maximum Gasteiger partial charge on any atom is 0.253 e. The number of rotatable bonds is 17. The predicted octanol–water partition coefficient (Wildman–Crippen LogP) is 3.35. The Morgan fingerprint density at radius 3 is 1.91 bits per heavy atom. The lowest BCUT2D eigenvalue weighted by Crippen LogP contribution is -2.53. The second-order valence-corrected chi connectivity index (χ2v) is 11.0. The zero-order valence-corrected chi connectivity index (χ0v) is 26.4. The van der Waals surface area contributed by atoms with E-state index in [4.69, 9.17) is 5.73 Å². The van der Waals surface area contributed by atoms with E-state index in [-0.39, 0.29) is 41.5 Å². The molecule has 0 fully saturated rings. The van der Waals surface area contributed by atoms with Crippen LogP contribution in [0.2, 0.25) is 0 Å². The van der Waals surface area contributed by atoms with Gasteiger partial charge in [-0.25, -0.2) is 5.01 Å². The minimum Gasteiger partial charge on any atom is -0.390 e. The van der Waals surface area contributed by atoms with Crippen LogP contribution in [-0.4, -0.2) is 77.0 Å². The third-order valence-electron chi connectivity index (χ3n) is 7.36. The van der Waals surface area contributed by atoms with Crippen LogP contribution in [0, 0.1) is 0 Å². The zero-order chi connectivity index (χ0) is 32.8. The van der Waals surface area contributed by atoms with Crippen LogP contribution in [0.1, 0.15) is 75.8 Å². The van der Waals surface area contributed by atoms with E-state index in [1.807, 2.05) is 81.4 Å². The number of benzene rings is 3. The van der Waals surface area contributed by atoms with Gasteiger partial charge in [0.15, 0.2) is 0 Å². The van der Waals surface area contributed by atoms with E-state index in [1.165, 1.54) is 18.2 Å². The number of nitrogens with one attached hydrogen (secondary N) is 2. The van der Waals surface area contributed by atoms with Gasteiger partial charge in [-0.3, -0.25) is 24.6 Å². The molecule has 3 aromatic rings. The number of carbonyl (C=O) groups is 4. The van der Waals surface area contributed by atoms with Crippen molar-refractivity contribution in [1.82, 2.24) is 20.7 Å². The van der Waals surface area contributed by atoms with Crippen LogP contribution in [0.3, 0.4) is 0 Å². The maximum atomic E-state index is 13.7. The van der Waals surface area contributed by atoms with Crippen molar-refractivity contribution in [3.05, 3.63) is 107 Å². The fourth-order valence-electron chi connectivity index (χ4n) is 5.07. The molecule has 0 aliphatic rings. The monoisotopic (exact) mass is 615 g/mol. The van der Waals surface area contributed by atoms with E-state index in [0.717, 1.165) is 24.0 Å². The van der Waals surface area contributed by atoms with Crippen molar-refractivity contribution in [2.75, 3.05) is 26.2 Å². The maximum absolute atomic E-state index is 13.7. The lowest BCUT2D eigenvalue weighted by atomic mass is 9.99. The molecule has 0 saturated carbocycles. The molecule has 3 rings (SSSR count). The molecule has 5 N–H and O–H groups in total. The standard InChI is InChI=1S/C35H45N5O5/c1-4-17-39(18-5-2)35(45)29-22-27(33(36)43)21-28(23-29)34(44)37-30(19-25-13-9-7-10-14-25)31(41)24-40(6-3)38-32(42)20-26-15-11-8-12-16-26/h7-16,21-23,30-31,41H,4-6,17-20,24H2,1-3H3,(H2,36,43)(H,37,44)(H,38,42). The normalized spacial score (nSPS) is 12.3. The topological polar surface area (TPSA) is 145 Å². The van der Waals surface area contributed by atoms with Gasteiger partial charge in [0.05, 0.1) is 18.6 Å². The highest BCUT2D eigenvalue weighted by Crippen LogP contribution is 2.16. The Morgan fingerprint density at radius 2 is 1.36 bits per heavy atom. The summed E-state index contributed by atoms with van der Waals surface area (Å²) in [7, 11) is 0. The Hall–Kier alpha value is -4.54. The summed E-state index contributed by atoms with van der Waals surface area (Å²) in [6, 6.07) is 22.2. The summed E-state index contributed by atoms with van der Waals surface area (Å²) in [6.07, 6.45) is 0.912. The van der Waals surface area contributed by atoms with Crippen molar-refractivity contribution < 1.29 is 24.3 Å². The Labute approximate surface area is 265 Å². The first-order valence-corrected chi connectivity index (χ1v) is 15.5. The Bertz CT molecular complexity index is 1410. The van der Waals surface area contributed by atoms with Crippen molar-refractivity contribution in [3.8, 4) is 0 Å². The van der Waals surface area contributed by atoms with Crippen molar-refractivity contribution in [2.45, 2.75) is 58.6 Å². The quantitative estimate of drug-likeness (QED) is 0.172. The molecule has 240 valence electrons. The molecule has 0 bridgehead atoms. The van der Waals surface area contributed by atoms with E-state index in [0.29, 0.717) is 26.1 Å². The number of hydrogen-bond acceptors (Lipinski definition) is 6. The molecule has 0 spiro atoms. The number of likely N-dealkylation sites (N-methyl/N-ethyl adjacent to an activating group) is 1. The molecule has 2 unspecified atom stereocenters. The molecular weight excluding hydrogens is 570 g/mol. The van der Waals surface area contributed by atoms with E-state index in [2.05, 4.69) is 10.7 Å². The van der Waals surface area contributed by atoms with Gasteiger partial charge in [-0.05, 0) is 48.6 Å². The molecule has 0 aliphatic heterocycles. The Balaban J connectivity index is 1.84. The Kier molecular flexibility index (Phi) is 13.7. The van der Waals surface area contributed by atoms with Crippen molar-refractivity contribution >= 4 is 23.6 Å². The zero-order valence-electron chi connectivity index (χ0n) is 26.4. The lowest BCUT2D eigenvalue weighted by Gasteiger charge is -2.30. The summed E-state index contributed by atoms with van der Waals surface area (Å²) in [4.78, 5) is 53.6. The molecule has 0 saturated heterocycles. The van der Waals surface area contributed by atoms with Crippen LogP contribution < -0.4 is 16.5 Å². The van der Waals surface area contributed by atoms with Crippen LogP contribution in [0.25, 0.3) is 0 Å². The second-order valence-electron chi connectivity index (χ2n) is 11.0. The van der Waals surface area contributed by atoms with Gasteiger partial charge in [-0.1, -0.05) is 81.4 Å². The number of carbonyl (C=O) groups excluding carboxylic acids is 4. The number of amides is 4. The number of nitrogens with two attached hydrogens (primary N) is 1. The van der Waals surface area contributed by atoms with Crippen LogP contribution in [0.4, 0.5) is 0 Å². The average molecular weight is 616 g/mol. The van der Waals surface area contributed by atoms with Gasteiger partial charge in [-0.2, -0.15) is 0 Å². The number of aliphatic hydroxyl groups is 1. The molecule has 4 amide bonds. The molecule has 0 radical (unpaired) electrons.